The van der Waals surface area contributed by atoms with Gasteiger partial charge in [0.25, 0.3) is 0 Å². The van der Waals surface area contributed by atoms with Crippen LogP contribution in [0.15, 0.2) is 30.5 Å². The Morgan fingerprint density at radius 3 is 2.65 bits per heavy atom. The molecule has 2 heterocycles. The number of aryl methyl sites for hydroxylation is 1. The second kappa shape index (κ2) is 5.00. The maximum Gasteiger partial charge on any atom is 0.314 e. The van der Waals surface area contributed by atoms with Gasteiger partial charge in [-0.1, -0.05) is 12.1 Å². The number of anilines is 1. The smallest absolute Gasteiger partial charge is 0.314 e. The normalized spacial score (nSPS) is 15.7. The maximum absolute atomic E-state index is 11.2. The van der Waals surface area contributed by atoms with E-state index in [1.165, 1.54) is 11.3 Å². The van der Waals surface area contributed by atoms with Crippen molar-refractivity contribution in [3.8, 4) is 0 Å². The number of urea groups is 1. The van der Waals surface area contributed by atoms with Gasteiger partial charge >= 0.3 is 6.03 Å². The number of aromatic nitrogens is 1. The van der Waals surface area contributed by atoms with E-state index in [0.29, 0.717) is 13.1 Å². The van der Waals surface area contributed by atoms with E-state index in [1.807, 2.05) is 12.3 Å². The first-order valence-electron chi connectivity index (χ1n) is 6.80. The van der Waals surface area contributed by atoms with Crippen molar-refractivity contribution in [3.63, 3.8) is 0 Å². The van der Waals surface area contributed by atoms with E-state index in [2.05, 4.69) is 35.0 Å². The van der Waals surface area contributed by atoms with Crippen LogP contribution in [0.1, 0.15) is 5.56 Å². The standard InChI is InChI=1S/C15H18N4O/c1-11-2-3-12-13(10-11)17-5-4-14(12)18-6-8-19(9-7-18)15(16)20/h2-5,10H,6-9H2,1H3,(H2,16,20). The summed E-state index contributed by atoms with van der Waals surface area (Å²) in [6.45, 7) is 5.02. The molecular formula is C15H18N4O. The Kier molecular flexibility index (Phi) is 3.18. The number of piperazine rings is 1. The van der Waals surface area contributed by atoms with Gasteiger partial charge in [0.1, 0.15) is 0 Å². The highest BCUT2D eigenvalue weighted by Gasteiger charge is 2.20. The molecule has 0 atom stereocenters. The van der Waals surface area contributed by atoms with Crippen molar-refractivity contribution < 1.29 is 4.79 Å². The summed E-state index contributed by atoms with van der Waals surface area (Å²) in [5.41, 5.74) is 8.72. The van der Waals surface area contributed by atoms with Crippen LogP contribution in [0.25, 0.3) is 10.9 Å². The zero-order chi connectivity index (χ0) is 14.1. The van der Waals surface area contributed by atoms with Gasteiger partial charge < -0.3 is 15.5 Å². The molecule has 0 bridgehead atoms. The summed E-state index contributed by atoms with van der Waals surface area (Å²) < 4.78 is 0. The quantitative estimate of drug-likeness (QED) is 0.858. The van der Waals surface area contributed by atoms with Crippen molar-refractivity contribution in [2.24, 2.45) is 5.73 Å². The van der Waals surface area contributed by atoms with E-state index in [9.17, 15) is 4.79 Å². The number of primary amides is 1. The Morgan fingerprint density at radius 1 is 1.20 bits per heavy atom. The van der Waals surface area contributed by atoms with Gasteiger partial charge in [0, 0.05) is 43.4 Å². The molecule has 0 spiro atoms. The Morgan fingerprint density at radius 2 is 1.95 bits per heavy atom. The molecule has 0 saturated carbocycles. The average Bonchev–Trinajstić information content (AvgIpc) is 2.46. The second-order valence-corrected chi connectivity index (χ2v) is 5.16. The first kappa shape index (κ1) is 12.7. The summed E-state index contributed by atoms with van der Waals surface area (Å²) in [6.07, 6.45) is 1.84. The van der Waals surface area contributed by atoms with Crippen LogP contribution in [0.2, 0.25) is 0 Å². The number of fused-ring (bicyclic) bond motifs is 1. The third kappa shape index (κ3) is 2.27. The highest BCUT2D eigenvalue weighted by atomic mass is 16.2. The zero-order valence-electron chi connectivity index (χ0n) is 11.5. The Labute approximate surface area is 118 Å². The molecule has 20 heavy (non-hydrogen) atoms. The molecule has 5 heteroatoms. The fraction of sp³-hybridized carbons (Fsp3) is 0.333. The van der Waals surface area contributed by atoms with E-state index < -0.39 is 0 Å². The third-order valence-electron chi connectivity index (χ3n) is 3.81. The molecule has 1 fully saturated rings. The number of hydrogen-bond acceptors (Lipinski definition) is 3. The number of nitrogens with two attached hydrogens (primary N) is 1. The predicted molar refractivity (Wildman–Crippen MR) is 79.8 cm³/mol. The van der Waals surface area contributed by atoms with E-state index >= 15 is 0 Å². The monoisotopic (exact) mass is 270 g/mol. The molecule has 2 amide bonds. The lowest BCUT2D eigenvalue weighted by Crippen LogP contribution is -2.50. The van der Waals surface area contributed by atoms with E-state index in [1.54, 1.807) is 4.90 Å². The number of benzene rings is 1. The molecule has 5 nitrogen and oxygen atoms in total. The Hall–Kier alpha value is -2.30. The third-order valence-corrected chi connectivity index (χ3v) is 3.81. The minimum atomic E-state index is -0.333. The first-order valence-corrected chi connectivity index (χ1v) is 6.80. The van der Waals surface area contributed by atoms with Crippen LogP contribution in [-0.2, 0) is 0 Å². The van der Waals surface area contributed by atoms with Gasteiger partial charge in [0.15, 0.2) is 0 Å². The maximum atomic E-state index is 11.2. The van der Waals surface area contributed by atoms with Gasteiger partial charge in [-0.2, -0.15) is 0 Å². The number of rotatable bonds is 1. The lowest BCUT2D eigenvalue weighted by Gasteiger charge is -2.35. The Balaban J connectivity index is 1.90. The van der Waals surface area contributed by atoms with Gasteiger partial charge in [-0.25, -0.2) is 4.79 Å². The van der Waals surface area contributed by atoms with Crippen molar-refractivity contribution in [2.75, 3.05) is 31.1 Å². The number of nitrogens with zero attached hydrogens (tertiary/aromatic N) is 3. The molecule has 1 aromatic carbocycles. The number of amides is 2. The lowest BCUT2D eigenvalue weighted by molar-refractivity contribution is 0.204. The highest BCUT2D eigenvalue weighted by molar-refractivity contribution is 5.92. The minimum absolute atomic E-state index is 0.333. The summed E-state index contributed by atoms with van der Waals surface area (Å²) in [4.78, 5) is 19.6. The Bertz CT molecular complexity index is 647. The molecule has 2 aromatic rings. The SMILES string of the molecule is Cc1ccc2c(N3CCN(C(N)=O)CC3)ccnc2c1. The van der Waals surface area contributed by atoms with Gasteiger partial charge in [0.05, 0.1) is 5.52 Å². The predicted octanol–water partition coefficient (Wildman–Crippen LogP) is 1.74. The number of hydrogen-bond donors (Lipinski definition) is 1. The zero-order valence-corrected chi connectivity index (χ0v) is 11.5. The van der Waals surface area contributed by atoms with Gasteiger partial charge in [-0.15, -0.1) is 0 Å². The van der Waals surface area contributed by atoms with Crippen LogP contribution >= 0.6 is 0 Å². The molecule has 0 radical (unpaired) electrons. The topological polar surface area (TPSA) is 62.5 Å². The van der Waals surface area contributed by atoms with Crippen molar-refractivity contribution >= 4 is 22.6 Å². The van der Waals surface area contributed by atoms with Crippen molar-refractivity contribution in [2.45, 2.75) is 6.92 Å². The van der Waals surface area contributed by atoms with E-state index in [-0.39, 0.29) is 6.03 Å². The highest BCUT2D eigenvalue weighted by Crippen LogP contribution is 2.26. The van der Waals surface area contributed by atoms with Crippen LogP contribution in [0.5, 0.6) is 0 Å². The molecule has 1 aromatic heterocycles. The average molecular weight is 270 g/mol. The van der Waals surface area contributed by atoms with Crippen LogP contribution in [0.4, 0.5) is 10.5 Å². The molecule has 1 aliphatic heterocycles. The molecule has 2 N–H and O–H groups in total. The van der Waals surface area contributed by atoms with Crippen molar-refractivity contribution in [1.29, 1.82) is 0 Å². The molecular weight excluding hydrogens is 252 g/mol. The van der Waals surface area contributed by atoms with Crippen LogP contribution in [-0.4, -0.2) is 42.1 Å². The lowest BCUT2D eigenvalue weighted by atomic mass is 10.1. The van der Waals surface area contributed by atoms with Crippen molar-refractivity contribution in [3.05, 3.63) is 36.0 Å². The summed E-state index contributed by atoms with van der Waals surface area (Å²) in [5, 5.41) is 1.16. The summed E-state index contributed by atoms with van der Waals surface area (Å²) in [7, 11) is 0. The summed E-state index contributed by atoms with van der Waals surface area (Å²) >= 11 is 0. The molecule has 1 saturated heterocycles. The number of pyridine rings is 1. The largest absolute Gasteiger partial charge is 0.367 e. The van der Waals surface area contributed by atoms with Gasteiger partial charge in [0.2, 0.25) is 0 Å². The van der Waals surface area contributed by atoms with Crippen LogP contribution in [0, 0.1) is 6.92 Å². The minimum Gasteiger partial charge on any atom is -0.367 e. The number of carbonyl (C=O) groups excluding carboxylic acids is 1. The van der Waals surface area contributed by atoms with E-state index in [4.69, 9.17) is 5.73 Å². The van der Waals surface area contributed by atoms with Gasteiger partial charge in [-0.05, 0) is 24.6 Å². The fourth-order valence-electron chi connectivity index (χ4n) is 2.69. The molecule has 1 aliphatic rings. The molecule has 0 aliphatic carbocycles. The van der Waals surface area contributed by atoms with Crippen LogP contribution < -0.4 is 10.6 Å². The molecule has 3 rings (SSSR count). The summed E-state index contributed by atoms with van der Waals surface area (Å²) in [6, 6.07) is 8.02. The molecule has 104 valence electrons. The van der Waals surface area contributed by atoms with E-state index in [0.717, 1.165) is 24.0 Å². The number of carbonyl (C=O) groups is 1. The fourth-order valence-corrected chi connectivity index (χ4v) is 2.69. The van der Waals surface area contributed by atoms with Gasteiger partial charge in [-0.3, -0.25) is 4.98 Å². The van der Waals surface area contributed by atoms with Crippen LogP contribution in [0.3, 0.4) is 0 Å². The summed E-state index contributed by atoms with van der Waals surface area (Å²) in [5.74, 6) is 0. The molecule has 0 unspecified atom stereocenters. The van der Waals surface area contributed by atoms with Crippen molar-refractivity contribution in [1.82, 2.24) is 9.88 Å². The second-order valence-electron chi connectivity index (χ2n) is 5.16. The first-order chi connectivity index (χ1) is 9.65.